The molecule has 0 spiro atoms. The molecule has 1 aliphatic rings. The maximum atomic E-state index is 12.3. The van der Waals surface area contributed by atoms with Crippen molar-refractivity contribution in [3.63, 3.8) is 0 Å². The van der Waals surface area contributed by atoms with Gasteiger partial charge < -0.3 is 15.1 Å². The molecule has 5 heteroatoms. The SMILES string of the molecule is CCCN(CCC)C(=O)N[C@@H]1CC(=O)N(c2ccccc2)C1. The van der Waals surface area contributed by atoms with E-state index in [2.05, 4.69) is 19.2 Å². The number of carbonyl (C=O) groups is 2. The summed E-state index contributed by atoms with van der Waals surface area (Å²) in [7, 11) is 0. The van der Waals surface area contributed by atoms with Gasteiger partial charge in [-0.1, -0.05) is 32.0 Å². The second-order valence-corrected chi connectivity index (χ2v) is 5.68. The molecule has 0 aliphatic carbocycles. The quantitative estimate of drug-likeness (QED) is 0.878. The van der Waals surface area contributed by atoms with Gasteiger partial charge in [-0.3, -0.25) is 4.79 Å². The van der Waals surface area contributed by atoms with E-state index >= 15 is 0 Å². The van der Waals surface area contributed by atoms with Crippen molar-refractivity contribution in [2.45, 2.75) is 39.2 Å². The molecule has 1 saturated heterocycles. The molecule has 0 unspecified atom stereocenters. The van der Waals surface area contributed by atoms with E-state index in [1.54, 1.807) is 4.90 Å². The van der Waals surface area contributed by atoms with Crippen molar-refractivity contribution < 1.29 is 9.59 Å². The summed E-state index contributed by atoms with van der Waals surface area (Å²) < 4.78 is 0. The van der Waals surface area contributed by atoms with E-state index in [-0.39, 0.29) is 18.0 Å². The summed E-state index contributed by atoms with van der Waals surface area (Å²) in [6.07, 6.45) is 2.24. The highest BCUT2D eigenvalue weighted by atomic mass is 16.2. The van der Waals surface area contributed by atoms with E-state index < -0.39 is 0 Å². The van der Waals surface area contributed by atoms with Crippen molar-refractivity contribution in [3.05, 3.63) is 30.3 Å². The zero-order chi connectivity index (χ0) is 15.9. The Balaban J connectivity index is 1.94. The third-order valence-corrected chi connectivity index (χ3v) is 3.79. The maximum Gasteiger partial charge on any atom is 0.317 e. The topological polar surface area (TPSA) is 52.7 Å². The van der Waals surface area contributed by atoms with Crippen LogP contribution in [0.1, 0.15) is 33.1 Å². The fourth-order valence-corrected chi connectivity index (χ4v) is 2.78. The summed E-state index contributed by atoms with van der Waals surface area (Å²) in [5.74, 6) is 0.0639. The van der Waals surface area contributed by atoms with Crippen LogP contribution in [0.3, 0.4) is 0 Å². The van der Waals surface area contributed by atoms with Crippen LogP contribution in [-0.4, -0.2) is 42.5 Å². The Morgan fingerprint density at radius 3 is 2.45 bits per heavy atom. The van der Waals surface area contributed by atoms with Crippen LogP contribution in [0.2, 0.25) is 0 Å². The molecule has 1 N–H and O–H groups in total. The summed E-state index contributed by atoms with van der Waals surface area (Å²) in [5, 5.41) is 3.00. The van der Waals surface area contributed by atoms with Gasteiger partial charge in [-0.2, -0.15) is 0 Å². The maximum absolute atomic E-state index is 12.3. The highest BCUT2D eigenvalue weighted by molar-refractivity contribution is 5.96. The molecule has 1 aromatic rings. The van der Waals surface area contributed by atoms with Crippen LogP contribution in [0.15, 0.2) is 30.3 Å². The number of nitrogens with zero attached hydrogens (tertiary/aromatic N) is 2. The van der Waals surface area contributed by atoms with Crippen molar-refractivity contribution in [2.24, 2.45) is 0 Å². The lowest BCUT2D eigenvalue weighted by atomic mass is 10.2. The molecule has 1 atom stereocenters. The van der Waals surface area contributed by atoms with Crippen molar-refractivity contribution in [1.82, 2.24) is 10.2 Å². The summed E-state index contributed by atoms with van der Waals surface area (Å²) in [4.78, 5) is 28.0. The third kappa shape index (κ3) is 4.00. The number of amides is 3. The van der Waals surface area contributed by atoms with E-state index in [0.717, 1.165) is 31.6 Å². The van der Waals surface area contributed by atoms with Crippen LogP contribution >= 0.6 is 0 Å². The molecule has 0 saturated carbocycles. The first-order chi connectivity index (χ1) is 10.7. The number of para-hydroxylation sites is 1. The number of hydrogen-bond donors (Lipinski definition) is 1. The molecular formula is C17H25N3O2. The number of rotatable bonds is 6. The normalized spacial score (nSPS) is 17.6. The Kier molecular flexibility index (Phi) is 5.81. The number of anilines is 1. The Hall–Kier alpha value is -2.04. The molecule has 0 radical (unpaired) electrons. The van der Waals surface area contributed by atoms with Crippen LogP contribution in [0.25, 0.3) is 0 Å². The molecular weight excluding hydrogens is 278 g/mol. The van der Waals surface area contributed by atoms with Crippen LogP contribution < -0.4 is 10.2 Å². The van der Waals surface area contributed by atoms with Gasteiger partial charge in [-0.05, 0) is 25.0 Å². The molecule has 2 rings (SSSR count). The Labute approximate surface area is 132 Å². The summed E-state index contributed by atoms with van der Waals surface area (Å²) in [5.41, 5.74) is 0.892. The smallest absolute Gasteiger partial charge is 0.317 e. The van der Waals surface area contributed by atoms with Gasteiger partial charge in [0, 0.05) is 31.7 Å². The lowest BCUT2D eigenvalue weighted by molar-refractivity contribution is -0.117. The van der Waals surface area contributed by atoms with E-state index in [4.69, 9.17) is 0 Å². The number of benzene rings is 1. The van der Waals surface area contributed by atoms with Gasteiger partial charge >= 0.3 is 6.03 Å². The van der Waals surface area contributed by atoms with Crippen LogP contribution in [0.5, 0.6) is 0 Å². The number of carbonyl (C=O) groups excluding carboxylic acids is 2. The Morgan fingerprint density at radius 1 is 1.23 bits per heavy atom. The minimum Gasteiger partial charge on any atom is -0.333 e. The van der Waals surface area contributed by atoms with Crippen LogP contribution in [-0.2, 0) is 4.79 Å². The molecule has 0 bridgehead atoms. The van der Waals surface area contributed by atoms with Gasteiger partial charge in [0.2, 0.25) is 5.91 Å². The average Bonchev–Trinajstić information content (AvgIpc) is 2.88. The Bertz CT molecular complexity index is 498. The van der Waals surface area contributed by atoms with Crippen LogP contribution in [0.4, 0.5) is 10.5 Å². The fraction of sp³-hybridized carbons (Fsp3) is 0.529. The average molecular weight is 303 g/mol. The highest BCUT2D eigenvalue weighted by Gasteiger charge is 2.32. The molecule has 0 aromatic heterocycles. The molecule has 5 nitrogen and oxygen atoms in total. The standard InChI is InChI=1S/C17H25N3O2/c1-3-10-19(11-4-2)17(22)18-14-12-16(21)20(13-14)15-8-6-5-7-9-15/h5-9,14H,3-4,10-13H2,1-2H3,(H,18,22)/t14-/m1/s1. The molecule has 3 amide bonds. The van der Waals surface area contributed by atoms with E-state index in [1.165, 1.54) is 0 Å². The first-order valence-electron chi connectivity index (χ1n) is 8.06. The largest absolute Gasteiger partial charge is 0.333 e. The summed E-state index contributed by atoms with van der Waals surface area (Å²) in [6.45, 7) is 6.17. The van der Waals surface area contributed by atoms with Gasteiger partial charge in [-0.25, -0.2) is 4.79 Å². The number of urea groups is 1. The minimum atomic E-state index is -0.114. The minimum absolute atomic E-state index is 0.0589. The highest BCUT2D eigenvalue weighted by Crippen LogP contribution is 2.21. The zero-order valence-electron chi connectivity index (χ0n) is 13.4. The predicted octanol–water partition coefficient (Wildman–Crippen LogP) is 2.62. The fourth-order valence-electron chi connectivity index (χ4n) is 2.78. The van der Waals surface area contributed by atoms with Gasteiger partial charge in [0.25, 0.3) is 0 Å². The first kappa shape index (κ1) is 16.3. The van der Waals surface area contributed by atoms with Gasteiger partial charge in [0.15, 0.2) is 0 Å². The van der Waals surface area contributed by atoms with Crippen molar-refractivity contribution in [1.29, 1.82) is 0 Å². The van der Waals surface area contributed by atoms with E-state index in [0.29, 0.717) is 13.0 Å². The Morgan fingerprint density at radius 2 is 1.86 bits per heavy atom. The summed E-state index contributed by atoms with van der Waals surface area (Å²) >= 11 is 0. The first-order valence-corrected chi connectivity index (χ1v) is 8.06. The number of nitrogens with one attached hydrogen (secondary N) is 1. The van der Waals surface area contributed by atoms with Gasteiger partial charge in [-0.15, -0.1) is 0 Å². The molecule has 120 valence electrons. The lowest BCUT2D eigenvalue weighted by Crippen LogP contribution is -2.46. The van der Waals surface area contributed by atoms with Gasteiger partial charge in [0.05, 0.1) is 6.04 Å². The zero-order valence-corrected chi connectivity index (χ0v) is 13.4. The lowest BCUT2D eigenvalue weighted by Gasteiger charge is -2.24. The molecule has 1 heterocycles. The van der Waals surface area contributed by atoms with Crippen molar-refractivity contribution in [3.8, 4) is 0 Å². The van der Waals surface area contributed by atoms with E-state index in [9.17, 15) is 9.59 Å². The van der Waals surface area contributed by atoms with Gasteiger partial charge in [0.1, 0.15) is 0 Å². The number of hydrogen-bond acceptors (Lipinski definition) is 2. The predicted molar refractivity (Wildman–Crippen MR) is 87.9 cm³/mol. The molecule has 22 heavy (non-hydrogen) atoms. The van der Waals surface area contributed by atoms with E-state index in [1.807, 2.05) is 35.2 Å². The molecule has 1 fully saturated rings. The van der Waals surface area contributed by atoms with Crippen molar-refractivity contribution >= 4 is 17.6 Å². The second-order valence-electron chi connectivity index (χ2n) is 5.68. The molecule has 1 aliphatic heterocycles. The monoisotopic (exact) mass is 303 g/mol. The van der Waals surface area contributed by atoms with Crippen LogP contribution in [0, 0.1) is 0 Å². The van der Waals surface area contributed by atoms with Crippen molar-refractivity contribution in [2.75, 3.05) is 24.5 Å². The third-order valence-electron chi connectivity index (χ3n) is 3.79. The summed E-state index contributed by atoms with van der Waals surface area (Å²) in [6, 6.07) is 9.42. The molecule has 1 aromatic carbocycles. The second kappa shape index (κ2) is 7.82.